The average Bonchev–Trinajstić information content (AvgIpc) is 2.31. The molecule has 0 radical (unpaired) electrons. The molecule has 0 aliphatic heterocycles. The van der Waals surface area contributed by atoms with Crippen molar-refractivity contribution in [3.63, 3.8) is 0 Å². The first-order chi connectivity index (χ1) is 8.97. The largest absolute Gasteiger partial charge is 0.312 e. The van der Waals surface area contributed by atoms with E-state index in [2.05, 4.69) is 63.1 Å². The summed E-state index contributed by atoms with van der Waals surface area (Å²) in [6.07, 6.45) is 0. The molecular formula is C17H24N2. The number of aryl methyl sites for hydroxylation is 3. The molecule has 0 aliphatic rings. The summed E-state index contributed by atoms with van der Waals surface area (Å²) >= 11 is 0. The van der Waals surface area contributed by atoms with Gasteiger partial charge >= 0.3 is 0 Å². The van der Waals surface area contributed by atoms with Crippen molar-refractivity contribution >= 4 is 10.9 Å². The van der Waals surface area contributed by atoms with Crippen LogP contribution in [0.5, 0.6) is 0 Å². The van der Waals surface area contributed by atoms with Crippen molar-refractivity contribution in [2.45, 2.75) is 41.2 Å². The number of rotatable bonds is 4. The summed E-state index contributed by atoms with van der Waals surface area (Å²) in [6.45, 7) is 12.8. The van der Waals surface area contributed by atoms with Gasteiger partial charge < -0.3 is 5.32 Å². The molecule has 102 valence electrons. The van der Waals surface area contributed by atoms with Crippen LogP contribution in [0.4, 0.5) is 0 Å². The SMILES string of the molecule is Cc1cc(CNCC(C)C)c2cc(C)c(C)cc2n1. The molecule has 0 saturated carbocycles. The van der Waals surface area contributed by atoms with Gasteiger partial charge in [-0.25, -0.2) is 0 Å². The van der Waals surface area contributed by atoms with E-state index in [0.717, 1.165) is 24.3 Å². The fourth-order valence-corrected chi connectivity index (χ4v) is 2.34. The molecule has 0 bridgehead atoms. The first-order valence-electron chi connectivity index (χ1n) is 7.05. The fourth-order valence-electron chi connectivity index (χ4n) is 2.34. The van der Waals surface area contributed by atoms with E-state index in [-0.39, 0.29) is 0 Å². The molecule has 19 heavy (non-hydrogen) atoms. The van der Waals surface area contributed by atoms with Crippen LogP contribution in [0, 0.1) is 26.7 Å². The molecule has 0 unspecified atom stereocenters. The van der Waals surface area contributed by atoms with Crippen LogP contribution in [-0.4, -0.2) is 11.5 Å². The monoisotopic (exact) mass is 256 g/mol. The van der Waals surface area contributed by atoms with E-state index in [1.54, 1.807) is 0 Å². The number of aromatic nitrogens is 1. The Balaban J connectivity index is 2.38. The summed E-state index contributed by atoms with van der Waals surface area (Å²) in [5.74, 6) is 0.679. The van der Waals surface area contributed by atoms with E-state index in [9.17, 15) is 0 Å². The zero-order chi connectivity index (χ0) is 14.0. The highest BCUT2D eigenvalue weighted by Crippen LogP contribution is 2.22. The molecule has 2 aromatic rings. The number of nitrogens with one attached hydrogen (secondary N) is 1. The lowest BCUT2D eigenvalue weighted by Crippen LogP contribution is -2.19. The van der Waals surface area contributed by atoms with E-state index in [1.165, 1.54) is 22.1 Å². The summed E-state index contributed by atoms with van der Waals surface area (Å²) in [4.78, 5) is 4.65. The van der Waals surface area contributed by atoms with Crippen molar-refractivity contribution in [3.05, 3.63) is 40.6 Å². The highest BCUT2D eigenvalue weighted by Gasteiger charge is 2.06. The molecule has 1 aromatic heterocycles. The maximum Gasteiger partial charge on any atom is 0.0711 e. The van der Waals surface area contributed by atoms with Crippen molar-refractivity contribution < 1.29 is 0 Å². The zero-order valence-electron chi connectivity index (χ0n) is 12.7. The van der Waals surface area contributed by atoms with Crippen LogP contribution >= 0.6 is 0 Å². The van der Waals surface area contributed by atoms with E-state index in [4.69, 9.17) is 0 Å². The van der Waals surface area contributed by atoms with Gasteiger partial charge in [-0.15, -0.1) is 0 Å². The quantitative estimate of drug-likeness (QED) is 0.897. The molecule has 2 rings (SSSR count). The molecule has 0 atom stereocenters. The summed E-state index contributed by atoms with van der Waals surface area (Å²) in [5.41, 5.74) is 6.21. The lowest BCUT2D eigenvalue weighted by atomic mass is 10.0. The minimum absolute atomic E-state index is 0.679. The number of benzene rings is 1. The maximum atomic E-state index is 4.65. The predicted molar refractivity (Wildman–Crippen MR) is 82.5 cm³/mol. The van der Waals surface area contributed by atoms with Gasteiger partial charge in [-0.2, -0.15) is 0 Å². The summed E-state index contributed by atoms with van der Waals surface area (Å²) in [7, 11) is 0. The van der Waals surface area contributed by atoms with E-state index in [0.29, 0.717) is 5.92 Å². The van der Waals surface area contributed by atoms with Gasteiger partial charge in [-0.05, 0) is 68.1 Å². The Morgan fingerprint density at radius 1 is 1.05 bits per heavy atom. The van der Waals surface area contributed by atoms with Crippen LogP contribution in [0.25, 0.3) is 10.9 Å². The Morgan fingerprint density at radius 3 is 2.42 bits per heavy atom. The normalized spacial score (nSPS) is 11.5. The summed E-state index contributed by atoms with van der Waals surface area (Å²) in [5, 5.41) is 4.81. The van der Waals surface area contributed by atoms with Crippen LogP contribution < -0.4 is 5.32 Å². The minimum atomic E-state index is 0.679. The third-order valence-corrected chi connectivity index (χ3v) is 3.51. The highest BCUT2D eigenvalue weighted by molar-refractivity contribution is 5.84. The standard InChI is InChI=1S/C17H24N2/c1-11(2)9-18-10-15-8-14(5)19-17-7-13(4)12(3)6-16(15)17/h6-8,11,18H,9-10H2,1-5H3. The van der Waals surface area contributed by atoms with Crippen LogP contribution in [-0.2, 0) is 6.54 Å². The smallest absolute Gasteiger partial charge is 0.0711 e. The zero-order valence-corrected chi connectivity index (χ0v) is 12.7. The van der Waals surface area contributed by atoms with Gasteiger partial charge in [0.1, 0.15) is 0 Å². The molecule has 0 amide bonds. The molecule has 0 spiro atoms. The van der Waals surface area contributed by atoms with Gasteiger partial charge in [0, 0.05) is 17.6 Å². The summed E-state index contributed by atoms with van der Waals surface area (Å²) < 4.78 is 0. The number of pyridine rings is 1. The second-order valence-corrected chi connectivity index (χ2v) is 5.90. The highest BCUT2D eigenvalue weighted by atomic mass is 14.9. The fraction of sp³-hybridized carbons (Fsp3) is 0.471. The lowest BCUT2D eigenvalue weighted by molar-refractivity contribution is 0.553. The topological polar surface area (TPSA) is 24.9 Å². The molecule has 0 fully saturated rings. The second-order valence-electron chi connectivity index (χ2n) is 5.90. The molecule has 2 heteroatoms. The molecule has 1 N–H and O–H groups in total. The molecule has 1 aromatic carbocycles. The average molecular weight is 256 g/mol. The van der Waals surface area contributed by atoms with Crippen molar-refractivity contribution in [1.29, 1.82) is 0 Å². The Kier molecular flexibility index (Phi) is 4.20. The van der Waals surface area contributed by atoms with Gasteiger partial charge in [0.15, 0.2) is 0 Å². The van der Waals surface area contributed by atoms with E-state index >= 15 is 0 Å². The second kappa shape index (κ2) is 5.70. The van der Waals surface area contributed by atoms with Crippen LogP contribution in [0.15, 0.2) is 18.2 Å². The van der Waals surface area contributed by atoms with Gasteiger partial charge in [0.2, 0.25) is 0 Å². The molecule has 2 nitrogen and oxygen atoms in total. The number of hydrogen-bond acceptors (Lipinski definition) is 2. The summed E-state index contributed by atoms with van der Waals surface area (Å²) in [6, 6.07) is 6.66. The van der Waals surface area contributed by atoms with Gasteiger partial charge in [-0.3, -0.25) is 4.98 Å². The molecule has 0 aliphatic carbocycles. The van der Waals surface area contributed by atoms with Crippen LogP contribution in [0.1, 0.15) is 36.2 Å². The lowest BCUT2D eigenvalue weighted by Gasteiger charge is -2.12. The third-order valence-electron chi connectivity index (χ3n) is 3.51. The first-order valence-corrected chi connectivity index (χ1v) is 7.05. The molecular weight excluding hydrogens is 232 g/mol. The molecule has 0 saturated heterocycles. The Labute approximate surface area is 116 Å². The number of nitrogens with zero attached hydrogens (tertiary/aromatic N) is 1. The predicted octanol–water partition coefficient (Wildman–Crippen LogP) is 3.91. The van der Waals surface area contributed by atoms with E-state index in [1.807, 2.05) is 0 Å². The van der Waals surface area contributed by atoms with Crippen molar-refractivity contribution in [2.75, 3.05) is 6.54 Å². The number of fused-ring (bicyclic) bond motifs is 1. The van der Waals surface area contributed by atoms with Crippen LogP contribution in [0.2, 0.25) is 0 Å². The molecule has 1 heterocycles. The van der Waals surface area contributed by atoms with Crippen LogP contribution in [0.3, 0.4) is 0 Å². The van der Waals surface area contributed by atoms with Gasteiger partial charge in [0.05, 0.1) is 5.52 Å². The third kappa shape index (κ3) is 3.32. The van der Waals surface area contributed by atoms with Gasteiger partial charge in [-0.1, -0.05) is 13.8 Å². The van der Waals surface area contributed by atoms with Gasteiger partial charge in [0.25, 0.3) is 0 Å². The minimum Gasteiger partial charge on any atom is -0.312 e. The number of hydrogen-bond donors (Lipinski definition) is 1. The van der Waals surface area contributed by atoms with Crippen molar-refractivity contribution in [1.82, 2.24) is 10.3 Å². The Morgan fingerprint density at radius 2 is 1.74 bits per heavy atom. The van der Waals surface area contributed by atoms with Crippen molar-refractivity contribution in [3.8, 4) is 0 Å². The maximum absolute atomic E-state index is 4.65. The van der Waals surface area contributed by atoms with E-state index < -0.39 is 0 Å². The Hall–Kier alpha value is -1.41. The Bertz CT molecular complexity index is 585. The first kappa shape index (κ1) is 14.0. The van der Waals surface area contributed by atoms with Crippen molar-refractivity contribution in [2.24, 2.45) is 5.92 Å².